The Labute approximate surface area is 127 Å². The Kier molecular flexibility index (Phi) is 4.18. The van der Waals surface area contributed by atoms with Gasteiger partial charge in [-0.2, -0.15) is 0 Å². The predicted molar refractivity (Wildman–Crippen MR) is 86.4 cm³/mol. The van der Waals surface area contributed by atoms with Crippen LogP contribution in [0.2, 0.25) is 0 Å². The molecule has 1 aliphatic carbocycles. The van der Waals surface area contributed by atoms with Crippen LogP contribution >= 0.6 is 0 Å². The molecular formula is C18H26N2O. The first-order valence-corrected chi connectivity index (χ1v) is 8.28. The Morgan fingerprint density at radius 3 is 2.86 bits per heavy atom. The third kappa shape index (κ3) is 3.39. The van der Waals surface area contributed by atoms with Crippen LogP contribution in [0.1, 0.15) is 51.0 Å². The van der Waals surface area contributed by atoms with Crippen LogP contribution in [0.4, 0.5) is 5.69 Å². The lowest BCUT2D eigenvalue weighted by Crippen LogP contribution is -2.45. The number of fused-ring (bicyclic) bond motifs is 1. The van der Waals surface area contributed by atoms with Gasteiger partial charge >= 0.3 is 0 Å². The summed E-state index contributed by atoms with van der Waals surface area (Å²) in [7, 11) is 0. The van der Waals surface area contributed by atoms with Crippen molar-refractivity contribution in [1.29, 1.82) is 0 Å². The number of carbonyl (C=O) groups is 1. The number of hydrogen-bond acceptors (Lipinski definition) is 2. The van der Waals surface area contributed by atoms with Crippen molar-refractivity contribution in [2.45, 2.75) is 57.9 Å². The summed E-state index contributed by atoms with van der Waals surface area (Å²) in [5.41, 5.74) is 2.74. The average molecular weight is 286 g/mol. The van der Waals surface area contributed by atoms with Gasteiger partial charge in [0.15, 0.2) is 0 Å². The molecule has 1 atom stereocenters. The standard InChI is InChI=1S/C18H26N2O/c1-18(11-5-2-6-12-18)13-19-17(21)16-10-9-14-7-3-4-8-15(14)20-16/h3-4,7-8,16,20H,2,5-6,9-13H2,1H3,(H,19,21). The zero-order valence-electron chi connectivity index (χ0n) is 13.0. The van der Waals surface area contributed by atoms with Crippen LogP contribution in [0.5, 0.6) is 0 Å². The zero-order chi connectivity index (χ0) is 14.7. The van der Waals surface area contributed by atoms with Crippen molar-refractivity contribution >= 4 is 11.6 Å². The molecule has 1 heterocycles. The van der Waals surface area contributed by atoms with Crippen molar-refractivity contribution in [2.24, 2.45) is 5.41 Å². The van der Waals surface area contributed by atoms with E-state index in [4.69, 9.17) is 0 Å². The molecule has 1 aromatic carbocycles. The number of anilines is 1. The summed E-state index contributed by atoms with van der Waals surface area (Å²) in [6.45, 7) is 3.14. The number of aryl methyl sites for hydroxylation is 1. The zero-order valence-corrected chi connectivity index (χ0v) is 13.0. The SMILES string of the molecule is CC1(CNC(=O)C2CCc3ccccc3N2)CCCCC1. The highest BCUT2D eigenvalue weighted by Gasteiger charge is 2.29. The smallest absolute Gasteiger partial charge is 0.242 e. The Balaban J connectivity index is 1.55. The van der Waals surface area contributed by atoms with Crippen molar-refractivity contribution in [3.05, 3.63) is 29.8 Å². The largest absolute Gasteiger partial charge is 0.373 e. The Hall–Kier alpha value is -1.51. The average Bonchev–Trinajstić information content (AvgIpc) is 2.53. The van der Waals surface area contributed by atoms with Gasteiger partial charge in [0.2, 0.25) is 5.91 Å². The molecule has 1 fully saturated rings. The quantitative estimate of drug-likeness (QED) is 0.893. The van der Waals surface area contributed by atoms with Gasteiger partial charge in [-0.05, 0) is 42.7 Å². The first-order chi connectivity index (χ1) is 10.2. The lowest BCUT2D eigenvalue weighted by atomic mass is 9.75. The number of para-hydroxylation sites is 1. The molecule has 2 aliphatic rings. The van der Waals surface area contributed by atoms with E-state index in [2.05, 4.69) is 35.8 Å². The van der Waals surface area contributed by atoms with Gasteiger partial charge in [-0.15, -0.1) is 0 Å². The molecule has 1 aromatic rings. The molecule has 21 heavy (non-hydrogen) atoms. The lowest BCUT2D eigenvalue weighted by molar-refractivity contribution is -0.122. The fraction of sp³-hybridized carbons (Fsp3) is 0.611. The maximum atomic E-state index is 12.4. The number of rotatable bonds is 3. The minimum atomic E-state index is -0.0768. The highest BCUT2D eigenvalue weighted by atomic mass is 16.2. The Morgan fingerprint density at radius 2 is 2.05 bits per heavy atom. The number of hydrogen-bond donors (Lipinski definition) is 2. The van der Waals surface area contributed by atoms with E-state index in [0.29, 0.717) is 5.41 Å². The van der Waals surface area contributed by atoms with Gasteiger partial charge < -0.3 is 10.6 Å². The van der Waals surface area contributed by atoms with Gasteiger partial charge in [-0.1, -0.05) is 44.4 Å². The molecule has 3 rings (SSSR count). The number of carbonyl (C=O) groups excluding carboxylic acids is 1. The van der Waals surface area contributed by atoms with E-state index in [-0.39, 0.29) is 11.9 Å². The molecule has 3 heteroatoms. The van der Waals surface area contributed by atoms with Crippen LogP contribution in [0.25, 0.3) is 0 Å². The molecule has 1 amide bonds. The van der Waals surface area contributed by atoms with Crippen LogP contribution in [0.3, 0.4) is 0 Å². The maximum Gasteiger partial charge on any atom is 0.242 e. The van der Waals surface area contributed by atoms with Gasteiger partial charge in [-0.25, -0.2) is 0 Å². The highest BCUT2D eigenvalue weighted by molar-refractivity contribution is 5.85. The fourth-order valence-electron chi connectivity index (χ4n) is 3.64. The third-order valence-corrected chi connectivity index (χ3v) is 5.12. The minimum absolute atomic E-state index is 0.0768. The highest BCUT2D eigenvalue weighted by Crippen LogP contribution is 2.35. The summed E-state index contributed by atoms with van der Waals surface area (Å²) in [6, 6.07) is 8.21. The molecule has 0 spiro atoms. The van der Waals surface area contributed by atoms with Crippen LogP contribution in [-0.2, 0) is 11.2 Å². The fourth-order valence-corrected chi connectivity index (χ4v) is 3.64. The molecule has 0 aromatic heterocycles. The van der Waals surface area contributed by atoms with E-state index in [1.807, 2.05) is 6.07 Å². The molecule has 114 valence electrons. The van der Waals surface area contributed by atoms with E-state index in [0.717, 1.165) is 25.1 Å². The second-order valence-electron chi connectivity index (χ2n) is 6.98. The minimum Gasteiger partial charge on any atom is -0.373 e. The summed E-state index contributed by atoms with van der Waals surface area (Å²) < 4.78 is 0. The lowest BCUT2D eigenvalue weighted by Gasteiger charge is -2.34. The summed E-state index contributed by atoms with van der Waals surface area (Å²) in [5.74, 6) is 0.163. The third-order valence-electron chi connectivity index (χ3n) is 5.12. The summed E-state index contributed by atoms with van der Waals surface area (Å²) >= 11 is 0. The molecule has 0 saturated heterocycles. The van der Waals surface area contributed by atoms with Gasteiger partial charge in [-0.3, -0.25) is 4.79 Å². The molecule has 1 saturated carbocycles. The number of amides is 1. The molecule has 3 nitrogen and oxygen atoms in total. The van der Waals surface area contributed by atoms with Crippen LogP contribution in [0, 0.1) is 5.41 Å². The van der Waals surface area contributed by atoms with Gasteiger partial charge in [0.05, 0.1) is 0 Å². The summed E-state index contributed by atoms with van der Waals surface area (Å²) in [4.78, 5) is 12.4. The second-order valence-corrected chi connectivity index (χ2v) is 6.98. The number of nitrogens with one attached hydrogen (secondary N) is 2. The monoisotopic (exact) mass is 286 g/mol. The van der Waals surface area contributed by atoms with E-state index in [1.54, 1.807) is 0 Å². The van der Waals surface area contributed by atoms with Crippen molar-refractivity contribution in [2.75, 3.05) is 11.9 Å². The van der Waals surface area contributed by atoms with Gasteiger partial charge in [0.1, 0.15) is 6.04 Å². The summed E-state index contributed by atoms with van der Waals surface area (Å²) in [5, 5.41) is 6.58. The molecule has 0 radical (unpaired) electrons. The summed E-state index contributed by atoms with van der Waals surface area (Å²) in [6.07, 6.45) is 8.33. The van der Waals surface area contributed by atoms with Crippen LogP contribution in [-0.4, -0.2) is 18.5 Å². The Morgan fingerprint density at radius 1 is 1.29 bits per heavy atom. The van der Waals surface area contributed by atoms with E-state index >= 15 is 0 Å². The predicted octanol–water partition coefficient (Wildman–Crippen LogP) is 3.50. The maximum absolute atomic E-state index is 12.4. The first kappa shape index (κ1) is 14.4. The van der Waals surface area contributed by atoms with Crippen LogP contribution in [0.15, 0.2) is 24.3 Å². The molecule has 1 unspecified atom stereocenters. The van der Waals surface area contributed by atoms with Crippen molar-refractivity contribution in [3.63, 3.8) is 0 Å². The van der Waals surface area contributed by atoms with E-state index < -0.39 is 0 Å². The number of benzene rings is 1. The Bertz CT molecular complexity index is 506. The second kappa shape index (κ2) is 6.08. The molecule has 2 N–H and O–H groups in total. The van der Waals surface area contributed by atoms with Crippen molar-refractivity contribution in [3.8, 4) is 0 Å². The molecular weight excluding hydrogens is 260 g/mol. The first-order valence-electron chi connectivity index (χ1n) is 8.28. The van der Waals surface area contributed by atoms with Crippen molar-refractivity contribution in [1.82, 2.24) is 5.32 Å². The van der Waals surface area contributed by atoms with E-state index in [9.17, 15) is 4.79 Å². The normalized spacial score (nSPS) is 23.8. The van der Waals surface area contributed by atoms with Crippen LogP contribution < -0.4 is 10.6 Å². The van der Waals surface area contributed by atoms with Crippen molar-refractivity contribution < 1.29 is 4.79 Å². The molecule has 0 bridgehead atoms. The van der Waals surface area contributed by atoms with Gasteiger partial charge in [0, 0.05) is 12.2 Å². The molecule has 1 aliphatic heterocycles. The van der Waals surface area contributed by atoms with Gasteiger partial charge in [0.25, 0.3) is 0 Å². The van der Waals surface area contributed by atoms with E-state index in [1.165, 1.54) is 37.7 Å². The topological polar surface area (TPSA) is 41.1 Å².